The summed E-state index contributed by atoms with van der Waals surface area (Å²) in [5, 5.41) is 13.1. The number of hydrogen-bond acceptors (Lipinski definition) is 6. The highest BCUT2D eigenvalue weighted by Gasteiger charge is 2.28. The molecule has 178 valence electrons. The summed E-state index contributed by atoms with van der Waals surface area (Å²) >= 11 is 12.0. The van der Waals surface area contributed by atoms with Crippen LogP contribution in [0.25, 0.3) is 5.82 Å². The number of amides is 2. The van der Waals surface area contributed by atoms with Crippen molar-refractivity contribution in [3.8, 4) is 5.82 Å². The molecular weight excluding hydrogens is 481 g/mol. The van der Waals surface area contributed by atoms with Gasteiger partial charge in [-0.3, -0.25) is 19.5 Å². The molecule has 0 saturated carbocycles. The van der Waals surface area contributed by atoms with Crippen molar-refractivity contribution in [2.24, 2.45) is 0 Å². The molecule has 0 spiro atoms. The van der Waals surface area contributed by atoms with Crippen molar-refractivity contribution in [3.05, 3.63) is 67.2 Å². The minimum absolute atomic E-state index is 0.0360. The van der Waals surface area contributed by atoms with E-state index in [4.69, 9.17) is 23.2 Å². The number of nitrogens with one attached hydrogen (secondary N) is 3. The average Bonchev–Trinajstić information content (AvgIpc) is 3.29. The summed E-state index contributed by atoms with van der Waals surface area (Å²) in [5.74, 6) is -0.0578. The molecule has 2 aromatic heterocycles. The van der Waals surface area contributed by atoms with Crippen LogP contribution < -0.4 is 16.2 Å². The Morgan fingerprint density at radius 3 is 2.62 bits per heavy atom. The normalized spacial score (nSPS) is 13.1. The Bertz CT molecular complexity index is 1330. The van der Waals surface area contributed by atoms with Crippen molar-refractivity contribution in [1.29, 1.82) is 0 Å². The third kappa shape index (κ3) is 4.51. The standard InChI is InChI=1S/C22H23Cl2N7O3/c1-11(2)26-22-27-17-10-30(20(33)12-4-5-14(23)15(24)8-12)7-6-13(17)21(34)31(22)18-9-16(28-29-18)19(32)25-3/h4-5,8-9,11H,6-7,10H2,1-3H3,(H,25,32)(H,26,27)(H,28,29). The first-order valence-electron chi connectivity index (χ1n) is 10.6. The van der Waals surface area contributed by atoms with Gasteiger partial charge in [0.05, 0.1) is 22.3 Å². The van der Waals surface area contributed by atoms with Gasteiger partial charge in [-0.2, -0.15) is 5.10 Å². The van der Waals surface area contributed by atoms with E-state index in [1.54, 1.807) is 17.0 Å². The van der Waals surface area contributed by atoms with E-state index < -0.39 is 0 Å². The Morgan fingerprint density at radius 2 is 1.94 bits per heavy atom. The van der Waals surface area contributed by atoms with Crippen molar-refractivity contribution in [3.63, 3.8) is 0 Å². The Kier molecular flexibility index (Phi) is 6.63. The number of fused-ring (bicyclic) bond motifs is 1. The second-order valence-corrected chi connectivity index (χ2v) is 8.94. The van der Waals surface area contributed by atoms with Gasteiger partial charge in [0.2, 0.25) is 5.95 Å². The van der Waals surface area contributed by atoms with E-state index in [0.29, 0.717) is 39.8 Å². The molecule has 0 unspecified atom stereocenters. The number of aromatic amines is 1. The Balaban J connectivity index is 1.72. The summed E-state index contributed by atoms with van der Waals surface area (Å²) in [6.07, 6.45) is 0.322. The van der Waals surface area contributed by atoms with E-state index >= 15 is 0 Å². The second kappa shape index (κ2) is 9.47. The van der Waals surface area contributed by atoms with Gasteiger partial charge in [0.25, 0.3) is 17.4 Å². The van der Waals surface area contributed by atoms with Crippen molar-refractivity contribution >= 4 is 41.0 Å². The molecule has 0 bridgehead atoms. The zero-order chi connectivity index (χ0) is 24.6. The number of rotatable bonds is 5. The zero-order valence-corrected chi connectivity index (χ0v) is 20.3. The van der Waals surface area contributed by atoms with Crippen LogP contribution in [0.1, 0.15) is 46.0 Å². The van der Waals surface area contributed by atoms with Crippen LogP contribution in [-0.4, -0.2) is 56.1 Å². The lowest BCUT2D eigenvalue weighted by Crippen LogP contribution is -2.41. The van der Waals surface area contributed by atoms with Crippen molar-refractivity contribution < 1.29 is 9.59 Å². The largest absolute Gasteiger partial charge is 0.354 e. The first kappa shape index (κ1) is 23.8. The number of hydrogen-bond donors (Lipinski definition) is 3. The Hall–Kier alpha value is -3.37. The maximum absolute atomic E-state index is 13.5. The monoisotopic (exact) mass is 503 g/mol. The topological polar surface area (TPSA) is 125 Å². The molecule has 1 aliphatic rings. The third-order valence-electron chi connectivity index (χ3n) is 5.37. The molecule has 3 aromatic rings. The molecule has 34 heavy (non-hydrogen) atoms. The lowest BCUT2D eigenvalue weighted by atomic mass is 10.0. The predicted molar refractivity (Wildman–Crippen MR) is 129 cm³/mol. The Morgan fingerprint density at radius 1 is 1.18 bits per heavy atom. The van der Waals surface area contributed by atoms with E-state index in [-0.39, 0.29) is 47.4 Å². The summed E-state index contributed by atoms with van der Waals surface area (Å²) in [7, 11) is 1.51. The van der Waals surface area contributed by atoms with E-state index in [2.05, 4.69) is 25.8 Å². The minimum Gasteiger partial charge on any atom is -0.354 e. The molecule has 0 fully saturated rings. The average molecular weight is 504 g/mol. The number of benzene rings is 1. The highest BCUT2D eigenvalue weighted by molar-refractivity contribution is 6.42. The first-order valence-corrected chi connectivity index (χ1v) is 11.4. The second-order valence-electron chi connectivity index (χ2n) is 8.12. The van der Waals surface area contributed by atoms with Gasteiger partial charge in [-0.1, -0.05) is 23.2 Å². The molecular formula is C22H23Cl2N7O3. The van der Waals surface area contributed by atoms with Gasteiger partial charge in [0.15, 0.2) is 5.82 Å². The number of halogens is 2. The van der Waals surface area contributed by atoms with Crippen molar-refractivity contribution in [1.82, 2.24) is 30.0 Å². The number of carbonyl (C=O) groups excluding carboxylic acids is 2. The fourth-order valence-corrected chi connectivity index (χ4v) is 4.02. The molecule has 3 heterocycles. The molecule has 0 atom stereocenters. The summed E-state index contributed by atoms with van der Waals surface area (Å²) < 4.78 is 1.35. The minimum atomic E-state index is -0.354. The van der Waals surface area contributed by atoms with E-state index in [0.717, 1.165) is 0 Å². The summed E-state index contributed by atoms with van der Waals surface area (Å²) in [5.41, 5.74) is 1.33. The number of anilines is 1. The Labute approximate surface area is 205 Å². The van der Waals surface area contributed by atoms with Gasteiger partial charge in [0.1, 0.15) is 5.69 Å². The van der Waals surface area contributed by atoms with Crippen molar-refractivity contribution in [2.45, 2.75) is 32.9 Å². The van der Waals surface area contributed by atoms with Gasteiger partial charge in [-0.25, -0.2) is 9.55 Å². The molecule has 10 nitrogen and oxygen atoms in total. The van der Waals surface area contributed by atoms with Crippen LogP contribution >= 0.6 is 23.2 Å². The van der Waals surface area contributed by atoms with Crippen LogP contribution in [0.15, 0.2) is 29.1 Å². The maximum atomic E-state index is 13.5. The lowest BCUT2D eigenvalue weighted by Gasteiger charge is -2.29. The molecule has 0 saturated heterocycles. The fraction of sp³-hybridized carbons (Fsp3) is 0.318. The zero-order valence-electron chi connectivity index (χ0n) is 18.8. The van der Waals surface area contributed by atoms with Crippen LogP contribution in [-0.2, 0) is 13.0 Å². The molecule has 1 aliphatic heterocycles. The molecule has 4 rings (SSSR count). The quantitative estimate of drug-likeness (QED) is 0.491. The third-order valence-corrected chi connectivity index (χ3v) is 6.11. The predicted octanol–water partition coefficient (Wildman–Crippen LogP) is 2.64. The summed E-state index contributed by atoms with van der Waals surface area (Å²) in [4.78, 5) is 44.8. The number of carbonyl (C=O) groups is 2. The van der Waals surface area contributed by atoms with Gasteiger partial charge < -0.3 is 15.5 Å². The highest BCUT2D eigenvalue weighted by atomic mass is 35.5. The van der Waals surface area contributed by atoms with Crippen LogP contribution in [0.3, 0.4) is 0 Å². The maximum Gasteiger partial charge on any atom is 0.269 e. The van der Waals surface area contributed by atoms with Gasteiger partial charge in [-0.15, -0.1) is 0 Å². The number of H-pyrrole nitrogens is 1. The van der Waals surface area contributed by atoms with Crippen LogP contribution in [0.2, 0.25) is 10.0 Å². The van der Waals surface area contributed by atoms with Crippen LogP contribution in [0, 0.1) is 0 Å². The fourth-order valence-electron chi connectivity index (χ4n) is 3.72. The summed E-state index contributed by atoms with van der Waals surface area (Å²) in [6.45, 7) is 4.33. The summed E-state index contributed by atoms with van der Waals surface area (Å²) in [6, 6.07) is 6.17. The molecule has 0 radical (unpaired) electrons. The van der Waals surface area contributed by atoms with Crippen molar-refractivity contribution in [2.75, 3.05) is 18.9 Å². The lowest BCUT2D eigenvalue weighted by molar-refractivity contribution is 0.0731. The molecule has 3 N–H and O–H groups in total. The first-order chi connectivity index (χ1) is 16.2. The highest BCUT2D eigenvalue weighted by Crippen LogP contribution is 2.25. The van der Waals surface area contributed by atoms with Gasteiger partial charge >= 0.3 is 0 Å². The molecule has 12 heteroatoms. The molecule has 2 amide bonds. The van der Waals surface area contributed by atoms with Crippen LogP contribution in [0.5, 0.6) is 0 Å². The van der Waals surface area contributed by atoms with Crippen LogP contribution in [0.4, 0.5) is 5.95 Å². The van der Waals surface area contributed by atoms with Gasteiger partial charge in [0, 0.05) is 36.8 Å². The van der Waals surface area contributed by atoms with E-state index in [1.165, 1.54) is 23.7 Å². The number of aromatic nitrogens is 4. The molecule has 0 aliphatic carbocycles. The smallest absolute Gasteiger partial charge is 0.269 e. The van der Waals surface area contributed by atoms with E-state index in [1.807, 2.05) is 13.8 Å². The van der Waals surface area contributed by atoms with Gasteiger partial charge in [-0.05, 0) is 38.5 Å². The SMILES string of the molecule is CNC(=O)c1cc(-n2c(NC(C)C)nc3c(c2=O)CCN(C(=O)c2ccc(Cl)c(Cl)c2)C3)n[nH]1. The number of nitrogens with zero attached hydrogens (tertiary/aromatic N) is 4. The van der Waals surface area contributed by atoms with E-state index in [9.17, 15) is 14.4 Å². The molecule has 1 aromatic carbocycles.